The largest absolute Gasteiger partial charge is 0.350 e. The van der Waals surface area contributed by atoms with Crippen LogP contribution < -0.4 is 10.9 Å². The lowest BCUT2D eigenvalue weighted by Gasteiger charge is -2.09. The van der Waals surface area contributed by atoms with E-state index in [4.69, 9.17) is 0 Å². The number of benzene rings is 1. The van der Waals surface area contributed by atoms with Crippen molar-refractivity contribution in [3.8, 4) is 11.3 Å². The van der Waals surface area contributed by atoms with E-state index >= 15 is 0 Å². The van der Waals surface area contributed by atoms with E-state index in [1.165, 1.54) is 7.11 Å². The Labute approximate surface area is 179 Å². The summed E-state index contributed by atoms with van der Waals surface area (Å²) in [6.07, 6.45) is 1.22. The van der Waals surface area contributed by atoms with E-state index < -0.39 is 0 Å². The molecule has 3 aromatic rings. The molecule has 160 valence electrons. The number of aromatic nitrogens is 2. The summed E-state index contributed by atoms with van der Waals surface area (Å²) in [4.78, 5) is 48.3. The Kier molecular flexibility index (Phi) is 6.92. The molecule has 1 amide bonds. The SMILES string of the molecule is CCc1cc(-c2cccc(C(=O)NCCc3ccc([N+](=O)OC)cc3)n2)c(C)[nH]c1=O. The van der Waals surface area contributed by atoms with Gasteiger partial charge in [-0.1, -0.05) is 25.1 Å². The smallest absolute Gasteiger partial charge is 0.316 e. The van der Waals surface area contributed by atoms with E-state index in [0.717, 1.165) is 11.1 Å². The van der Waals surface area contributed by atoms with Gasteiger partial charge in [-0.25, -0.2) is 9.82 Å². The fourth-order valence-electron chi connectivity index (χ4n) is 3.21. The lowest BCUT2D eigenvalue weighted by Crippen LogP contribution is -2.26. The van der Waals surface area contributed by atoms with E-state index in [9.17, 15) is 14.5 Å². The van der Waals surface area contributed by atoms with Crippen LogP contribution in [0, 0.1) is 11.8 Å². The molecule has 0 atom stereocenters. The Morgan fingerprint density at radius 2 is 1.94 bits per heavy atom. The summed E-state index contributed by atoms with van der Waals surface area (Å²) < 4.78 is 0. The van der Waals surface area contributed by atoms with Crippen molar-refractivity contribution in [2.24, 2.45) is 0 Å². The van der Waals surface area contributed by atoms with Crippen LogP contribution in [0.3, 0.4) is 0 Å². The number of carbonyl (C=O) groups is 1. The number of rotatable bonds is 8. The minimum absolute atomic E-state index is 0.101. The standard InChI is InChI=1S/C23H24N4O4/c1-4-17-14-19(15(2)25-22(17)28)20-6-5-7-21(26-20)23(29)24-13-12-16-8-10-18(11-9-16)27(30)31-3/h5-11,14H,4,12-13H2,1-3H3,(H-,24,25,26,28,29)/p+1. The molecule has 0 fully saturated rings. The summed E-state index contributed by atoms with van der Waals surface area (Å²) in [7, 11) is 1.31. The van der Waals surface area contributed by atoms with Crippen LogP contribution in [0.25, 0.3) is 11.3 Å². The highest BCUT2D eigenvalue weighted by atomic mass is 16.8. The number of pyridine rings is 2. The molecule has 0 aliphatic rings. The molecule has 0 unspecified atom stereocenters. The maximum atomic E-state index is 12.6. The van der Waals surface area contributed by atoms with Gasteiger partial charge in [0.15, 0.2) is 7.11 Å². The van der Waals surface area contributed by atoms with Crippen LogP contribution >= 0.6 is 0 Å². The van der Waals surface area contributed by atoms with Gasteiger partial charge >= 0.3 is 5.69 Å². The highest BCUT2D eigenvalue weighted by molar-refractivity contribution is 5.92. The molecule has 31 heavy (non-hydrogen) atoms. The molecular formula is C23H25N4O4+. The van der Waals surface area contributed by atoms with E-state index in [-0.39, 0.29) is 11.5 Å². The second-order valence-corrected chi connectivity index (χ2v) is 7.04. The van der Waals surface area contributed by atoms with Crippen molar-refractivity contribution in [2.75, 3.05) is 13.7 Å². The summed E-state index contributed by atoms with van der Waals surface area (Å²) in [5.41, 5.74) is 4.40. The van der Waals surface area contributed by atoms with Gasteiger partial charge in [0.2, 0.25) is 0 Å². The summed E-state index contributed by atoms with van der Waals surface area (Å²) in [6.45, 7) is 4.16. The zero-order chi connectivity index (χ0) is 22.4. The average Bonchev–Trinajstić information content (AvgIpc) is 2.79. The molecule has 2 heterocycles. The maximum absolute atomic E-state index is 12.6. The van der Waals surface area contributed by atoms with Gasteiger partial charge in [-0.3, -0.25) is 9.59 Å². The molecule has 0 saturated heterocycles. The number of amides is 1. The first-order valence-corrected chi connectivity index (χ1v) is 10.0. The molecule has 2 N–H and O–H groups in total. The van der Waals surface area contributed by atoms with Crippen molar-refractivity contribution in [1.82, 2.24) is 15.3 Å². The molecule has 0 saturated carbocycles. The highest BCUT2D eigenvalue weighted by Gasteiger charge is 2.14. The van der Waals surface area contributed by atoms with Crippen LogP contribution in [0.15, 0.2) is 53.3 Å². The van der Waals surface area contributed by atoms with Gasteiger partial charge < -0.3 is 10.3 Å². The number of H-pyrrole nitrogens is 1. The molecule has 3 rings (SSSR count). The minimum atomic E-state index is -0.277. The summed E-state index contributed by atoms with van der Waals surface area (Å²) in [6, 6.07) is 14.0. The van der Waals surface area contributed by atoms with E-state index in [1.807, 2.05) is 38.1 Å². The van der Waals surface area contributed by atoms with Crippen molar-refractivity contribution >= 4 is 11.6 Å². The molecular weight excluding hydrogens is 396 g/mol. The molecule has 8 heteroatoms. The van der Waals surface area contributed by atoms with Gasteiger partial charge in [-0.15, -0.1) is 0 Å². The molecule has 0 spiro atoms. The van der Waals surface area contributed by atoms with Crippen LogP contribution in [0.4, 0.5) is 5.69 Å². The second-order valence-electron chi connectivity index (χ2n) is 7.04. The Morgan fingerprint density at radius 3 is 2.61 bits per heavy atom. The van der Waals surface area contributed by atoms with E-state index in [0.29, 0.717) is 52.6 Å². The normalized spacial score (nSPS) is 10.5. The fourth-order valence-corrected chi connectivity index (χ4v) is 3.21. The first kappa shape index (κ1) is 21.9. The topological polar surface area (TPSA) is 104 Å². The van der Waals surface area contributed by atoms with Gasteiger partial charge in [0, 0.05) is 35.5 Å². The molecule has 1 aromatic carbocycles. The minimum Gasteiger partial charge on any atom is -0.350 e. The van der Waals surface area contributed by atoms with Crippen molar-refractivity contribution in [2.45, 2.75) is 26.7 Å². The third-order valence-electron chi connectivity index (χ3n) is 4.97. The number of nitrogens with zero attached hydrogens (tertiary/aromatic N) is 2. The van der Waals surface area contributed by atoms with E-state index in [1.54, 1.807) is 24.3 Å². The van der Waals surface area contributed by atoms with Crippen LogP contribution in [0.2, 0.25) is 0 Å². The van der Waals surface area contributed by atoms with Gasteiger partial charge in [-0.05, 0) is 43.5 Å². The average molecular weight is 421 g/mol. The molecule has 0 aliphatic heterocycles. The Hall–Kier alpha value is -3.81. The second kappa shape index (κ2) is 9.80. The number of nitrogens with one attached hydrogen (secondary N) is 2. The van der Waals surface area contributed by atoms with Crippen molar-refractivity contribution in [3.63, 3.8) is 0 Å². The Balaban J connectivity index is 1.67. The number of aryl methyl sites for hydroxylation is 2. The Bertz CT molecular complexity index is 1150. The summed E-state index contributed by atoms with van der Waals surface area (Å²) in [5, 5.41) is 2.86. The van der Waals surface area contributed by atoms with Crippen molar-refractivity contribution < 1.29 is 14.6 Å². The van der Waals surface area contributed by atoms with Gasteiger partial charge in [0.1, 0.15) is 5.69 Å². The van der Waals surface area contributed by atoms with Crippen molar-refractivity contribution in [3.05, 3.63) is 86.3 Å². The number of aromatic amines is 1. The maximum Gasteiger partial charge on any atom is 0.316 e. The van der Waals surface area contributed by atoms with E-state index in [2.05, 4.69) is 20.1 Å². The van der Waals surface area contributed by atoms with Gasteiger partial charge in [0.05, 0.1) is 10.6 Å². The summed E-state index contributed by atoms with van der Waals surface area (Å²) >= 11 is 0. The zero-order valence-electron chi connectivity index (χ0n) is 17.8. The van der Waals surface area contributed by atoms with Crippen LogP contribution in [0.1, 0.15) is 34.2 Å². The lowest BCUT2D eigenvalue weighted by atomic mass is 10.1. The number of carbonyl (C=O) groups excluding carboxylic acids is 1. The van der Waals surface area contributed by atoms with Gasteiger partial charge in [-0.2, -0.15) is 0 Å². The quantitative estimate of drug-likeness (QED) is 0.544. The number of hydrogen-bond donors (Lipinski definition) is 2. The molecule has 0 aliphatic carbocycles. The van der Waals surface area contributed by atoms with Crippen LogP contribution in [0.5, 0.6) is 0 Å². The zero-order valence-corrected chi connectivity index (χ0v) is 17.8. The molecule has 8 nitrogen and oxygen atoms in total. The third-order valence-corrected chi connectivity index (χ3v) is 4.97. The fraction of sp³-hybridized carbons (Fsp3) is 0.261. The van der Waals surface area contributed by atoms with Gasteiger partial charge in [0.25, 0.3) is 16.4 Å². The highest BCUT2D eigenvalue weighted by Crippen LogP contribution is 2.20. The monoisotopic (exact) mass is 421 g/mol. The first-order chi connectivity index (χ1) is 14.9. The first-order valence-electron chi connectivity index (χ1n) is 10.0. The van der Waals surface area contributed by atoms with Crippen LogP contribution in [-0.2, 0) is 17.7 Å². The number of hydrogen-bond acceptors (Lipinski definition) is 5. The molecule has 0 bridgehead atoms. The lowest BCUT2D eigenvalue weighted by molar-refractivity contribution is -0.736. The van der Waals surface area contributed by atoms with Crippen LogP contribution in [-0.4, -0.2) is 34.5 Å². The third kappa shape index (κ3) is 5.22. The predicted molar refractivity (Wildman–Crippen MR) is 117 cm³/mol. The Morgan fingerprint density at radius 1 is 1.19 bits per heavy atom. The summed E-state index contributed by atoms with van der Waals surface area (Å²) in [5.74, 6) is -0.277. The molecule has 2 aromatic heterocycles. The molecule has 0 radical (unpaired) electrons. The predicted octanol–water partition coefficient (Wildman–Crippen LogP) is 3.25. The van der Waals surface area contributed by atoms with Crippen molar-refractivity contribution in [1.29, 1.82) is 0 Å².